The van der Waals surface area contributed by atoms with Crippen molar-refractivity contribution in [1.29, 1.82) is 0 Å². The van der Waals surface area contributed by atoms with E-state index in [1.807, 2.05) is 0 Å². The van der Waals surface area contributed by atoms with E-state index in [-0.39, 0.29) is 46.3 Å². The Balaban J connectivity index is 1.36. The minimum Gasteiger partial charge on any atom is -0.367 e. The van der Waals surface area contributed by atoms with E-state index in [4.69, 9.17) is 25.7 Å². The second-order valence-corrected chi connectivity index (χ2v) is 12.4. The molecule has 0 aromatic carbocycles. The highest BCUT2D eigenvalue weighted by Crippen LogP contribution is 2.44. The molecule has 4 heterocycles. The van der Waals surface area contributed by atoms with Gasteiger partial charge in [0.25, 0.3) is 5.92 Å². The summed E-state index contributed by atoms with van der Waals surface area (Å²) in [6, 6.07) is 4.12. The maximum Gasteiger partial charge on any atom is 0.333 e. The zero-order valence-electron chi connectivity index (χ0n) is 20.6. The first-order valence-corrected chi connectivity index (χ1v) is 14.6. The molecule has 3 aromatic heterocycles. The van der Waals surface area contributed by atoms with Crippen molar-refractivity contribution in [3.05, 3.63) is 68.0 Å². The van der Waals surface area contributed by atoms with E-state index in [1.165, 1.54) is 36.0 Å². The van der Waals surface area contributed by atoms with E-state index >= 15 is 0 Å². The van der Waals surface area contributed by atoms with Gasteiger partial charge in [0.1, 0.15) is 30.0 Å². The van der Waals surface area contributed by atoms with Gasteiger partial charge in [0.2, 0.25) is 5.78 Å². The molecule has 1 fully saturated rings. The first kappa shape index (κ1) is 27.9. The van der Waals surface area contributed by atoms with Gasteiger partial charge in [0, 0.05) is 28.2 Å². The number of nitrogens with zero attached hydrogens (tertiary/aromatic N) is 3. The third-order valence-electron chi connectivity index (χ3n) is 6.73. The number of ether oxygens (including phenoxy) is 1. The van der Waals surface area contributed by atoms with Gasteiger partial charge in [0.05, 0.1) is 22.7 Å². The smallest absolute Gasteiger partial charge is 0.333 e. The minimum atomic E-state index is -4.01. The summed E-state index contributed by atoms with van der Waals surface area (Å²) in [6.07, 6.45) is 3.87. The Hall–Kier alpha value is -2.62. The van der Waals surface area contributed by atoms with E-state index < -0.39 is 28.9 Å². The Morgan fingerprint density at radius 3 is 2.92 bits per heavy atom. The summed E-state index contributed by atoms with van der Waals surface area (Å²) >= 11 is 7.21. The molecule has 0 spiro atoms. The molecule has 0 radical (unpaired) electrons. The molecule has 2 aliphatic rings. The molecule has 3 atom stereocenters. The maximum absolute atomic E-state index is 14.5. The van der Waals surface area contributed by atoms with Crippen LogP contribution < -0.4 is 10.5 Å². The zero-order valence-corrected chi connectivity index (χ0v) is 23.0. The van der Waals surface area contributed by atoms with E-state index in [0.717, 1.165) is 12.8 Å². The Morgan fingerprint density at radius 1 is 1.36 bits per heavy atom. The number of thiophene rings is 1. The number of rotatable bonds is 8. The molecule has 15 heteroatoms. The lowest BCUT2D eigenvalue weighted by Crippen LogP contribution is -2.31. The first-order valence-electron chi connectivity index (χ1n) is 12.0. The quantitative estimate of drug-likeness (QED) is 0.288. The fourth-order valence-electron chi connectivity index (χ4n) is 4.89. The Kier molecular flexibility index (Phi) is 7.70. The molecule has 1 saturated carbocycles. The van der Waals surface area contributed by atoms with Crippen LogP contribution in [0.1, 0.15) is 62.3 Å². The SMILES string of the molecule is Cc1sc(C(=O)c2cncnc2N[C@H]2CC[C@@H](COS(N)(=O)=O)C2)cc1C1OCC(F)(F)c2ccc(Cl)nc21. The fourth-order valence-corrected chi connectivity index (χ4v) is 6.43. The summed E-state index contributed by atoms with van der Waals surface area (Å²) in [7, 11) is -4.01. The lowest BCUT2D eigenvalue weighted by Gasteiger charge is -2.30. The van der Waals surface area contributed by atoms with Crippen molar-refractivity contribution in [1.82, 2.24) is 15.0 Å². The normalized spacial score (nSPS) is 22.4. The maximum atomic E-state index is 14.5. The van der Waals surface area contributed by atoms with Crippen molar-refractivity contribution in [2.75, 3.05) is 18.5 Å². The van der Waals surface area contributed by atoms with Crippen LogP contribution in [0, 0.1) is 12.8 Å². The van der Waals surface area contributed by atoms with Crippen molar-refractivity contribution in [3.8, 4) is 0 Å². The van der Waals surface area contributed by atoms with E-state index in [9.17, 15) is 22.0 Å². The molecule has 0 bridgehead atoms. The fraction of sp³-hybridized carbons (Fsp3) is 0.417. The predicted octanol–water partition coefficient (Wildman–Crippen LogP) is 4.14. The summed E-state index contributed by atoms with van der Waals surface area (Å²) < 4.78 is 61.4. The Labute approximate surface area is 232 Å². The summed E-state index contributed by atoms with van der Waals surface area (Å²) in [5.41, 5.74) is 0.557. The van der Waals surface area contributed by atoms with Crippen molar-refractivity contribution >= 4 is 44.8 Å². The van der Waals surface area contributed by atoms with Crippen molar-refractivity contribution in [2.24, 2.45) is 11.1 Å². The molecular weight excluding hydrogens is 576 g/mol. The molecule has 1 unspecified atom stereocenters. The van der Waals surface area contributed by atoms with Crippen molar-refractivity contribution in [2.45, 2.75) is 44.3 Å². The van der Waals surface area contributed by atoms with E-state index in [2.05, 4.69) is 20.3 Å². The number of anilines is 1. The summed E-state index contributed by atoms with van der Waals surface area (Å²) in [5.74, 6) is -3.23. The number of aromatic nitrogens is 3. The van der Waals surface area contributed by atoms with Gasteiger partial charge in [-0.15, -0.1) is 11.3 Å². The van der Waals surface area contributed by atoms with Crippen molar-refractivity contribution in [3.63, 3.8) is 0 Å². The number of halogens is 3. The largest absolute Gasteiger partial charge is 0.367 e. The topological polar surface area (TPSA) is 146 Å². The van der Waals surface area contributed by atoms with Crippen LogP contribution in [-0.2, 0) is 25.1 Å². The predicted molar refractivity (Wildman–Crippen MR) is 139 cm³/mol. The van der Waals surface area contributed by atoms with Crippen LogP contribution in [0.15, 0.2) is 30.7 Å². The molecule has 5 rings (SSSR count). The van der Waals surface area contributed by atoms with Gasteiger partial charge in [-0.1, -0.05) is 11.6 Å². The standard InChI is InChI=1S/C24H24ClF2N5O5S2/c1-12-15(22-20-17(4-5-19(25)32-20)24(26,27)10-36-22)7-18(38-12)21(33)16-8-29-11-30-23(16)31-14-3-2-13(6-14)9-37-39(28,34)35/h4-5,7-8,11,13-14,22H,2-3,6,9-10H2,1H3,(H2,28,34,35)(H,29,30,31)/t13-,14+,22?/m1/s1. The lowest BCUT2D eigenvalue weighted by atomic mass is 9.95. The van der Waals surface area contributed by atoms with Crippen LogP contribution in [0.25, 0.3) is 0 Å². The molecule has 1 aliphatic heterocycles. The lowest BCUT2D eigenvalue weighted by molar-refractivity contribution is -0.117. The summed E-state index contributed by atoms with van der Waals surface area (Å²) in [4.78, 5) is 27.0. The number of nitrogens with one attached hydrogen (secondary N) is 1. The minimum absolute atomic E-state index is 0.0117. The molecule has 0 saturated heterocycles. The van der Waals surface area contributed by atoms with Gasteiger partial charge in [-0.2, -0.15) is 17.2 Å². The molecule has 10 nitrogen and oxygen atoms in total. The molecule has 3 N–H and O–H groups in total. The molecule has 3 aromatic rings. The van der Waals surface area contributed by atoms with E-state index in [1.54, 1.807) is 13.0 Å². The Morgan fingerprint density at radius 2 is 2.15 bits per heavy atom. The first-order chi connectivity index (χ1) is 18.4. The van der Waals surface area contributed by atoms with E-state index in [0.29, 0.717) is 27.6 Å². The number of aryl methyl sites for hydroxylation is 1. The van der Waals surface area contributed by atoms with Crippen LogP contribution in [0.4, 0.5) is 14.6 Å². The molecular formula is C24H24ClF2N5O5S2. The highest BCUT2D eigenvalue weighted by Gasteiger charge is 2.43. The molecule has 1 aliphatic carbocycles. The van der Waals surface area contributed by atoms with Crippen LogP contribution in [0.2, 0.25) is 5.15 Å². The van der Waals surface area contributed by atoms with Gasteiger partial charge >= 0.3 is 10.3 Å². The number of carbonyl (C=O) groups excluding carboxylic acids is 1. The van der Waals surface area contributed by atoms with Crippen LogP contribution >= 0.6 is 22.9 Å². The number of hydrogen-bond acceptors (Lipinski definition) is 10. The second kappa shape index (κ2) is 10.7. The number of fused-ring (bicyclic) bond motifs is 1. The van der Waals surface area contributed by atoms with Crippen LogP contribution in [0.5, 0.6) is 0 Å². The molecule has 0 amide bonds. The highest BCUT2D eigenvalue weighted by molar-refractivity contribution is 7.84. The number of nitrogens with two attached hydrogens (primary N) is 1. The summed E-state index contributed by atoms with van der Waals surface area (Å²) in [6.45, 7) is 0.944. The number of pyridine rings is 1. The van der Waals surface area contributed by atoms with Crippen LogP contribution in [0.3, 0.4) is 0 Å². The van der Waals surface area contributed by atoms with Crippen molar-refractivity contribution < 1.29 is 30.9 Å². The van der Waals surface area contributed by atoms with Crippen LogP contribution in [-0.4, -0.2) is 48.4 Å². The van der Waals surface area contributed by atoms with Gasteiger partial charge < -0.3 is 10.1 Å². The molecule has 39 heavy (non-hydrogen) atoms. The number of alkyl halides is 2. The third-order valence-corrected chi connectivity index (χ3v) is 8.47. The average molecular weight is 600 g/mol. The molecule has 208 valence electrons. The number of hydrogen-bond donors (Lipinski definition) is 2. The zero-order chi connectivity index (χ0) is 27.9. The average Bonchev–Trinajstić information content (AvgIpc) is 3.48. The number of ketones is 1. The number of carbonyl (C=O) groups is 1. The third kappa shape index (κ3) is 6.10. The van der Waals surface area contributed by atoms with Gasteiger partial charge in [-0.05, 0) is 50.3 Å². The van der Waals surface area contributed by atoms with Gasteiger partial charge in [-0.3, -0.25) is 8.98 Å². The highest BCUT2D eigenvalue weighted by atomic mass is 35.5. The summed E-state index contributed by atoms with van der Waals surface area (Å²) in [5, 5.41) is 8.24. The second-order valence-electron chi connectivity index (χ2n) is 9.50. The van der Waals surface area contributed by atoms with Gasteiger partial charge in [0.15, 0.2) is 0 Å². The van der Waals surface area contributed by atoms with Gasteiger partial charge in [-0.25, -0.2) is 20.1 Å². The Bertz CT molecular complexity index is 1520. The monoisotopic (exact) mass is 599 g/mol.